The second-order valence-electron chi connectivity index (χ2n) is 4.79. The standard InChI is InChI=1S/C16H21NO3.ClH/c1-5-16(17(2)3,15-7-6-12-19-15)20-14-10-8-13(18-4)9-11-14;/h6-12H,5H2,1-4H3;1H. The minimum atomic E-state index is -0.613. The summed E-state index contributed by atoms with van der Waals surface area (Å²) in [5.41, 5.74) is -0.613. The van der Waals surface area contributed by atoms with Crippen molar-refractivity contribution in [2.24, 2.45) is 0 Å². The molecule has 2 rings (SSSR count). The van der Waals surface area contributed by atoms with E-state index in [4.69, 9.17) is 13.9 Å². The van der Waals surface area contributed by atoms with Crippen molar-refractivity contribution in [3.8, 4) is 11.5 Å². The van der Waals surface area contributed by atoms with E-state index in [1.54, 1.807) is 13.4 Å². The van der Waals surface area contributed by atoms with Gasteiger partial charge in [-0.25, -0.2) is 0 Å². The van der Waals surface area contributed by atoms with Crippen LogP contribution < -0.4 is 9.47 Å². The number of hydrogen-bond donors (Lipinski definition) is 0. The Kier molecular flexibility index (Phi) is 6.12. The third-order valence-electron chi connectivity index (χ3n) is 3.45. The van der Waals surface area contributed by atoms with E-state index in [2.05, 4.69) is 6.92 Å². The van der Waals surface area contributed by atoms with E-state index in [0.29, 0.717) is 0 Å². The number of nitrogens with zero attached hydrogens (tertiary/aromatic N) is 1. The van der Waals surface area contributed by atoms with Crippen molar-refractivity contribution in [2.75, 3.05) is 21.2 Å². The Labute approximate surface area is 132 Å². The van der Waals surface area contributed by atoms with Gasteiger partial charge in [0.05, 0.1) is 13.4 Å². The summed E-state index contributed by atoms with van der Waals surface area (Å²) in [4.78, 5) is 2.02. The van der Waals surface area contributed by atoms with E-state index < -0.39 is 5.72 Å². The lowest BCUT2D eigenvalue weighted by Gasteiger charge is -2.37. The molecule has 4 nitrogen and oxygen atoms in total. The summed E-state index contributed by atoms with van der Waals surface area (Å²) in [5.74, 6) is 2.38. The van der Waals surface area contributed by atoms with Gasteiger partial charge < -0.3 is 13.9 Å². The molecule has 1 atom stereocenters. The van der Waals surface area contributed by atoms with Crippen molar-refractivity contribution < 1.29 is 13.9 Å². The Morgan fingerprint density at radius 3 is 2.14 bits per heavy atom. The molecule has 1 unspecified atom stereocenters. The molecule has 1 aromatic carbocycles. The minimum Gasteiger partial charge on any atom is -0.497 e. The number of halogens is 1. The first-order valence-corrected chi connectivity index (χ1v) is 6.67. The SMILES string of the molecule is CCC(Oc1ccc(OC)cc1)(c1ccco1)N(C)C.Cl. The molecule has 0 aliphatic rings. The zero-order valence-corrected chi connectivity index (χ0v) is 13.6. The summed E-state index contributed by atoms with van der Waals surface area (Å²) in [7, 11) is 5.61. The highest BCUT2D eigenvalue weighted by Gasteiger charge is 2.38. The smallest absolute Gasteiger partial charge is 0.221 e. The van der Waals surface area contributed by atoms with Crippen molar-refractivity contribution in [2.45, 2.75) is 19.1 Å². The van der Waals surface area contributed by atoms with Crippen LogP contribution in [0.3, 0.4) is 0 Å². The van der Waals surface area contributed by atoms with Crippen LogP contribution in [0.5, 0.6) is 11.5 Å². The van der Waals surface area contributed by atoms with Gasteiger partial charge in [0.15, 0.2) is 5.76 Å². The number of hydrogen-bond acceptors (Lipinski definition) is 4. The Balaban J connectivity index is 0.00000220. The van der Waals surface area contributed by atoms with Gasteiger partial charge in [0.25, 0.3) is 0 Å². The van der Waals surface area contributed by atoms with Crippen molar-refractivity contribution in [3.05, 3.63) is 48.4 Å². The Morgan fingerprint density at radius 2 is 1.71 bits per heavy atom. The predicted molar refractivity (Wildman–Crippen MR) is 85.2 cm³/mol. The lowest BCUT2D eigenvalue weighted by atomic mass is 10.1. The first-order valence-electron chi connectivity index (χ1n) is 6.67. The molecule has 0 spiro atoms. The van der Waals surface area contributed by atoms with Crippen molar-refractivity contribution >= 4 is 12.4 Å². The van der Waals surface area contributed by atoms with Crippen LogP contribution in [-0.4, -0.2) is 26.1 Å². The van der Waals surface area contributed by atoms with Crippen molar-refractivity contribution in [1.82, 2.24) is 4.90 Å². The van der Waals surface area contributed by atoms with Crippen LogP contribution >= 0.6 is 12.4 Å². The maximum absolute atomic E-state index is 6.23. The predicted octanol–water partition coefficient (Wildman–Crippen LogP) is 3.91. The second-order valence-corrected chi connectivity index (χ2v) is 4.79. The maximum atomic E-state index is 6.23. The molecular weight excluding hydrogens is 290 g/mol. The van der Waals surface area contributed by atoms with Gasteiger partial charge in [-0.3, -0.25) is 4.90 Å². The molecule has 116 valence electrons. The highest BCUT2D eigenvalue weighted by molar-refractivity contribution is 5.85. The number of benzene rings is 1. The quantitative estimate of drug-likeness (QED) is 0.758. The fourth-order valence-corrected chi connectivity index (χ4v) is 2.26. The van der Waals surface area contributed by atoms with Crippen LogP contribution in [0.4, 0.5) is 0 Å². The minimum absolute atomic E-state index is 0. The van der Waals surface area contributed by atoms with Crippen LogP contribution in [0.25, 0.3) is 0 Å². The van der Waals surface area contributed by atoms with Gasteiger partial charge in [-0.05, 0) is 50.5 Å². The number of furan rings is 1. The summed E-state index contributed by atoms with van der Waals surface area (Å²) in [6.07, 6.45) is 2.43. The fraction of sp³-hybridized carbons (Fsp3) is 0.375. The van der Waals surface area contributed by atoms with Crippen LogP contribution in [-0.2, 0) is 5.72 Å². The second kappa shape index (κ2) is 7.38. The Hall–Kier alpha value is -1.65. The van der Waals surface area contributed by atoms with Gasteiger partial charge in [-0.15, -0.1) is 12.4 Å². The molecule has 0 fully saturated rings. The van der Waals surface area contributed by atoms with Crippen LogP contribution in [0.1, 0.15) is 19.1 Å². The van der Waals surface area contributed by atoms with E-state index in [0.717, 1.165) is 23.7 Å². The van der Waals surface area contributed by atoms with Gasteiger partial charge in [0.2, 0.25) is 5.72 Å². The topological polar surface area (TPSA) is 34.8 Å². The molecule has 5 heteroatoms. The van der Waals surface area contributed by atoms with Crippen LogP contribution in [0.2, 0.25) is 0 Å². The molecule has 0 aliphatic heterocycles. The summed E-state index contributed by atoms with van der Waals surface area (Å²) in [5, 5.41) is 0. The molecule has 1 aromatic heterocycles. The fourth-order valence-electron chi connectivity index (χ4n) is 2.26. The molecule has 0 saturated carbocycles. The highest BCUT2D eigenvalue weighted by atomic mass is 35.5. The zero-order chi connectivity index (χ0) is 14.6. The largest absolute Gasteiger partial charge is 0.497 e. The van der Waals surface area contributed by atoms with Crippen LogP contribution in [0, 0.1) is 0 Å². The molecule has 0 bridgehead atoms. The maximum Gasteiger partial charge on any atom is 0.221 e. The van der Waals surface area contributed by atoms with E-state index in [-0.39, 0.29) is 12.4 Å². The zero-order valence-electron chi connectivity index (χ0n) is 12.8. The van der Waals surface area contributed by atoms with Crippen LogP contribution in [0.15, 0.2) is 47.1 Å². The summed E-state index contributed by atoms with van der Waals surface area (Å²) in [6, 6.07) is 11.4. The molecule has 21 heavy (non-hydrogen) atoms. The first kappa shape index (κ1) is 17.4. The summed E-state index contributed by atoms with van der Waals surface area (Å²) in [6.45, 7) is 2.08. The number of rotatable bonds is 6. The van der Waals surface area contributed by atoms with Gasteiger partial charge in [0.1, 0.15) is 11.5 Å². The molecule has 0 radical (unpaired) electrons. The monoisotopic (exact) mass is 311 g/mol. The third kappa shape index (κ3) is 3.52. The van der Waals surface area contributed by atoms with Crippen molar-refractivity contribution in [3.63, 3.8) is 0 Å². The molecule has 1 heterocycles. The Bertz CT molecular complexity index is 525. The van der Waals surface area contributed by atoms with Crippen molar-refractivity contribution in [1.29, 1.82) is 0 Å². The molecule has 2 aromatic rings. The van der Waals surface area contributed by atoms with Gasteiger partial charge in [0, 0.05) is 6.42 Å². The third-order valence-corrected chi connectivity index (χ3v) is 3.45. The lowest BCUT2D eigenvalue weighted by Crippen LogP contribution is -2.45. The molecular formula is C16H22ClNO3. The molecule has 0 amide bonds. The van der Waals surface area contributed by atoms with E-state index >= 15 is 0 Å². The highest BCUT2D eigenvalue weighted by Crippen LogP contribution is 2.34. The molecule has 0 N–H and O–H groups in total. The summed E-state index contributed by atoms with van der Waals surface area (Å²) < 4.78 is 17.0. The van der Waals surface area contributed by atoms with E-state index in [9.17, 15) is 0 Å². The lowest BCUT2D eigenvalue weighted by molar-refractivity contribution is -0.0835. The van der Waals surface area contributed by atoms with Gasteiger partial charge in [-0.2, -0.15) is 0 Å². The summed E-state index contributed by atoms with van der Waals surface area (Å²) >= 11 is 0. The normalized spacial score (nSPS) is 13.4. The average molecular weight is 312 g/mol. The first-order chi connectivity index (χ1) is 9.62. The Morgan fingerprint density at radius 1 is 1.10 bits per heavy atom. The molecule has 0 saturated heterocycles. The van der Waals surface area contributed by atoms with Gasteiger partial charge >= 0.3 is 0 Å². The molecule has 0 aliphatic carbocycles. The number of methoxy groups -OCH3 is 1. The van der Waals surface area contributed by atoms with Gasteiger partial charge in [-0.1, -0.05) is 6.92 Å². The van der Waals surface area contributed by atoms with E-state index in [1.807, 2.05) is 55.4 Å². The van der Waals surface area contributed by atoms with E-state index in [1.165, 1.54) is 0 Å². The average Bonchev–Trinajstić information content (AvgIpc) is 2.99. The number of ether oxygens (including phenoxy) is 2.